The molecule has 1 atom stereocenters. The van der Waals surface area contributed by atoms with E-state index in [-0.39, 0.29) is 17.9 Å². The standard InChI is InChI=1S/C31H36N4O/c1-23-12-15-26(16-13-23)22-35-29-11-7-6-10-28(29)33-31(35)34-20-18-27(19-21-34)30(36)32-24(2)14-17-25-8-4-3-5-9-25/h3-13,15-16,24,27H,14,17-22H2,1-2H3,(H,32,36)/t24-/m1/s1. The zero-order valence-electron chi connectivity index (χ0n) is 21.4. The van der Waals surface area contributed by atoms with Crippen molar-refractivity contribution >= 4 is 22.9 Å². The zero-order chi connectivity index (χ0) is 24.9. The van der Waals surface area contributed by atoms with E-state index in [4.69, 9.17) is 4.98 Å². The van der Waals surface area contributed by atoms with E-state index in [2.05, 4.69) is 95.4 Å². The summed E-state index contributed by atoms with van der Waals surface area (Å²) in [6, 6.07) is 27.7. The average molecular weight is 481 g/mol. The number of imidazole rings is 1. The van der Waals surface area contributed by atoms with Crippen LogP contribution in [0.2, 0.25) is 0 Å². The van der Waals surface area contributed by atoms with Gasteiger partial charge < -0.3 is 14.8 Å². The summed E-state index contributed by atoms with van der Waals surface area (Å²) in [7, 11) is 0. The van der Waals surface area contributed by atoms with Crippen molar-refractivity contribution in [2.24, 2.45) is 5.92 Å². The Kier molecular flexibility index (Phi) is 7.36. The number of benzene rings is 3. The minimum atomic E-state index is 0.0651. The number of nitrogens with zero attached hydrogens (tertiary/aromatic N) is 3. The number of rotatable bonds is 8. The van der Waals surface area contributed by atoms with E-state index in [0.717, 1.165) is 62.3 Å². The Hall–Kier alpha value is -3.60. The normalized spacial score (nSPS) is 15.2. The molecule has 0 unspecified atom stereocenters. The topological polar surface area (TPSA) is 50.2 Å². The minimum Gasteiger partial charge on any atom is -0.353 e. The number of hydrogen-bond acceptors (Lipinski definition) is 3. The highest BCUT2D eigenvalue weighted by molar-refractivity contribution is 5.80. The van der Waals surface area contributed by atoms with Crippen molar-refractivity contribution in [1.29, 1.82) is 0 Å². The van der Waals surface area contributed by atoms with Crippen LogP contribution in [0.3, 0.4) is 0 Å². The van der Waals surface area contributed by atoms with Crippen molar-refractivity contribution in [1.82, 2.24) is 14.9 Å². The molecule has 4 aromatic rings. The summed E-state index contributed by atoms with van der Waals surface area (Å²) in [5.74, 6) is 1.27. The Morgan fingerprint density at radius 3 is 2.39 bits per heavy atom. The molecule has 0 radical (unpaired) electrons. The highest BCUT2D eigenvalue weighted by atomic mass is 16.1. The molecule has 1 aromatic heterocycles. The molecule has 1 N–H and O–H groups in total. The van der Waals surface area contributed by atoms with Crippen LogP contribution < -0.4 is 10.2 Å². The van der Waals surface area contributed by atoms with Gasteiger partial charge in [-0.15, -0.1) is 0 Å². The molecule has 1 amide bonds. The first kappa shape index (κ1) is 24.1. The number of nitrogens with one attached hydrogen (secondary N) is 1. The number of carbonyl (C=O) groups is 1. The van der Waals surface area contributed by atoms with E-state index in [9.17, 15) is 4.79 Å². The van der Waals surface area contributed by atoms with Crippen LogP contribution in [0.15, 0.2) is 78.9 Å². The minimum absolute atomic E-state index is 0.0651. The van der Waals surface area contributed by atoms with Gasteiger partial charge in [-0.2, -0.15) is 0 Å². The van der Waals surface area contributed by atoms with Gasteiger partial charge in [0.15, 0.2) is 0 Å². The lowest BCUT2D eigenvalue weighted by Gasteiger charge is -2.33. The van der Waals surface area contributed by atoms with E-state index in [1.807, 2.05) is 12.1 Å². The molecule has 1 saturated heterocycles. The first-order chi connectivity index (χ1) is 17.6. The number of amides is 1. The third-order valence-corrected chi connectivity index (χ3v) is 7.34. The summed E-state index contributed by atoms with van der Waals surface area (Å²) in [4.78, 5) is 20.4. The second kappa shape index (κ2) is 11.0. The summed E-state index contributed by atoms with van der Waals surface area (Å²) in [6.07, 6.45) is 3.64. The van der Waals surface area contributed by atoms with Gasteiger partial charge in [-0.1, -0.05) is 72.3 Å². The lowest BCUT2D eigenvalue weighted by Crippen LogP contribution is -2.43. The van der Waals surface area contributed by atoms with Gasteiger partial charge in [0.2, 0.25) is 11.9 Å². The predicted molar refractivity (Wildman–Crippen MR) is 147 cm³/mol. The Morgan fingerprint density at radius 1 is 0.944 bits per heavy atom. The third-order valence-electron chi connectivity index (χ3n) is 7.34. The lowest BCUT2D eigenvalue weighted by atomic mass is 9.95. The third kappa shape index (κ3) is 5.62. The molecule has 0 aliphatic carbocycles. The molecular formula is C31H36N4O. The molecule has 5 nitrogen and oxygen atoms in total. The van der Waals surface area contributed by atoms with Crippen molar-refractivity contribution in [3.63, 3.8) is 0 Å². The fourth-order valence-electron chi connectivity index (χ4n) is 5.14. The van der Waals surface area contributed by atoms with Crippen molar-refractivity contribution < 1.29 is 4.79 Å². The SMILES string of the molecule is Cc1ccc(Cn2c(N3CCC(C(=O)N[C@H](C)CCc4ccccc4)CC3)nc3ccccc32)cc1. The maximum Gasteiger partial charge on any atom is 0.223 e. The number of hydrogen-bond donors (Lipinski definition) is 1. The molecule has 186 valence electrons. The molecular weight excluding hydrogens is 444 g/mol. The second-order valence-corrected chi connectivity index (χ2v) is 10.2. The van der Waals surface area contributed by atoms with E-state index >= 15 is 0 Å². The molecule has 1 aliphatic heterocycles. The van der Waals surface area contributed by atoms with Crippen LogP contribution in [0.5, 0.6) is 0 Å². The van der Waals surface area contributed by atoms with Gasteiger partial charge in [-0.25, -0.2) is 4.98 Å². The predicted octanol–water partition coefficient (Wildman–Crippen LogP) is 5.75. The van der Waals surface area contributed by atoms with Crippen molar-refractivity contribution in [2.45, 2.75) is 52.1 Å². The molecule has 36 heavy (non-hydrogen) atoms. The smallest absolute Gasteiger partial charge is 0.223 e. The number of para-hydroxylation sites is 2. The number of aryl methyl sites for hydroxylation is 2. The molecule has 3 aromatic carbocycles. The molecule has 5 heteroatoms. The zero-order valence-corrected chi connectivity index (χ0v) is 21.4. The van der Waals surface area contributed by atoms with Gasteiger partial charge in [-0.05, 0) is 62.8 Å². The van der Waals surface area contributed by atoms with E-state index in [0.29, 0.717) is 0 Å². The monoisotopic (exact) mass is 480 g/mol. The molecule has 5 rings (SSSR count). The first-order valence-electron chi connectivity index (χ1n) is 13.2. The van der Waals surface area contributed by atoms with Crippen LogP contribution in [0.4, 0.5) is 5.95 Å². The number of aromatic nitrogens is 2. The van der Waals surface area contributed by atoms with Crippen molar-refractivity contribution in [3.05, 3.63) is 95.6 Å². The quantitative estimate of drug-likeness (QED) is 0.350. The molecule has 1 fully saturated rings. The largest absolute Gasteiger partial charge is 0.353 e. The number of carbonyl (C=O) groups excluding carboxylic acids is 1. The summed E-state index contributed by atoms with van der Waals surface area (Å²) in [6.45, 7) is 6.70. The maximum absolute atomic E-state index is 13.0. The highest BCUT2D eigenvalue weighted by Gasteiger charge is 2.28. The van der Waals surface area contributed by atoms with Gasteiger partial charge in [0, 0.05) is 25.0 Å². The first-order valence-corrected chi connectivity index (χ1v) is 13.2. The lowest BCUT2D eigenvalue weighted by molar-refractivity contribution is -0.126. The fourth-order valence-corrected chi connectivity index (χ4v) is 5.14. The van der Waals surface area contributed by atoms with Gasteiger partial charge in [0.1, 0.15) is 0 Å². The summed E-state index contributed by atoms with van der Waals surface area (Å²) in [5, 5.41) is 3.27. The Balaban J connectivity index is 1.22. The van der Waals surface area contributed by atoms with Gasteiger partial charge in [0.05, 0.1) is 17.6 Å². The number of fused-ring (bicyclic) bond motifs is 1. The number of anilines is 1. The Morgan fingerprint density at radius 2 is 1.64 bits per heavy atom. The van der Waals surface area contributed by atoms with Crippen LogP contribution >= 0.6 is 0 Å². The Bertz CT molecular complexity index is 1290. The molecule has 1 aliphatic rings. The van der Waals surface area contributed by atoms with Crippen LogP contribution in [-0.2, 0) is 17.8 Å². The van der Waals surface area contributed by atoms with Crippen molar-refractivity contribution in [2.75, 3.05) is 18.0 Å². The van der Waals surface area contributed by atoms with Crippen molar-refractivity contribution in [3.8, 4) is 0 Å². The molecule has 0 spiro atoms. The molecule has 0 saturated carbocycles. The fraction of sp³-hybridized carbons (Fsp3) is 0.355. The van der Waals surface area contributed by atoms with Crippen LogP contribution in [-0.4, -0.2) is 34.6 Å². The second-order valence-electron chi connectivity index (χ2n) is 10.2. The van der Waals surface area contributed by atoms with E-state index in [1.54, 1.807) is 0 Å². The number of piperidine rings is 1. The van der Waals surface area contributed by atoms with Gasteiger partial charge >= 0.3 is 0 Å². The van der Waals surface area contributed by atoms with E-state index < -0.39 is 0 Å². The summed E-state index contributed by atoms with van der Waals surface area (Å²) >= 11 is 0. The Labute approximate surface area is 214 Å². The van der Waals surface area contributed by atoms with E-state index in [1.165, 1.54) is 16.7 Å². The van der Waals surface area contributed by atoms with Crippen LogP contribution in [0.25, 0.3) is 11.0 Å². The highest BCUT2D eigenvalue weighted by Crippen LogP contribution is 2.28. The summed E-state index contributed by atoms with van der Waals surface area (Å²) < 4.78 is 2.33. The van der Waals surface area contributed by atoms with Gasteiger partial charge in [-0.3, -0.25) is 4.79 Å². The van der Waals surface area contributed by atoms with Crippen LogP contribution in [0.1, 0.15) is 42.9 Å². The maximum atomic E-state index is 13.0. The van der Waals surface area contributed by atoms with Crippen LogP contribution in [0, 0.1) is 12.8 Å². The summed E-state index contributed by atoms with van der Waals surface area (Å²) in [5.41, 5.74) is 6.03. The molecule has 0 bridgehead atoms. The van der Waals surface area contributed by atoms with Gasteiger partial charge in [0.25, 0.3) is 0 Å². The molecule has 2 heterocycles. The average Bonchev–Trinajstić information content (AvgIpc) is 3.27.